The minimum atomic E-state index is -0.480. The third kappa shape index (κ3) is 3.71. The van der Waals surface area contributed by atoms with Gasteiger partial charge in [0.1, 0.15) is 12.4 Å². The highest BCUT2D eigenvalue weighted by Crippen LogP contribution is 2.14. The van der Waals surface area contributed by atoms with Crippen LogP contribution in [0.2, 0.25) is 0 Å². The second-order valence-electron chi connectivity index (χ2n) is 4.44. The summed E-state index contributed by atoms with van der Waals surface area (Å²) in [6, 6.07) is 5.55. The van der Waals surface area contributed by atoms with E-state index in [1.165, 1.54) is 29.4 Å². The van der Waals surface area contributed by atoms with Crippen LogP contribution in [0.1, 0.15) is 21.5 Å². The van der Waals surface area contributed by atoms with Crippen LogP contribution in [0.5, 0.6) is 0 Å². The van der Waals surface area contributed by atoms with Gasteiger partial charge in [-0.3, -0.25) is 4.79 Å². The summed E-state index contributed by atoms with van der Waals surface area (Å²) in [4.78, 5) is 13.9. The number of hydrogen-bond donors (Lipinski definition) is 1. The van der Waals surface area contributed by atoms with E-state index >= 15 is 0 Å². The second kappa shape index (κ2) is 6.73. The maximum absolute atomic E-state index is 13.3. The maximum atomic E-state index is 13.3. The number of rotatable bonds is 3. The van der Waals surface area contributed by atoms with E-state index in [4.69, 9.17) is 9.52 Å². The third-order valence-corrected chi connectivity index (χ3v) is 2.86. The van der Waals surface area contributed by atoms with Gasteiger partial charge < -0.3 is 14.4 Å². The SMILES string of the molecule is CN(Cc1ccoc1)C(=O)c1ccc(F)cc1C#CCO. The van der Waals surface area contributed by atoms with Gasteiger partial charge in [-0.1, -0.05) is 11.8 Å². The lowest BCUT2D eigenvalue weighted by Crippen LogP contribution is -2.26. The molecule has 21 heavy (non-hydrogen) atoms. The molecule has 1 aromatic carbocycles. The Kier molecular flexibility index (Phi) is 4.75. The van der Waals surface area contributed by atoms with Crippen LogP contribution in [0.25, 0.3) is 0 Å². The Morgan fingerprint density at radius 1 is 1.43 bits per heavy atom. The summed E-state index contributed by atoms with van der Waals surface area (Å²) in [5, 5.41) is 8.73. The minimum absolute atomic E-state index is 0.257. The average Bonchev–Trinajstić information content (AvgIpc) is 2.97. The van der Waals surface area contributed by atoms with Crippen LogP contribution in [0, 0.1) is 17.7 Å². The maximum Gasteiger partial charge on any atom is 0.255 e. The Labute approximate surface area is 121 Å². The first kappa shape index (κ1) is 14.8. The van der Waals surface area contributed by atoms with E-state index in [-0.39, 0.29) is 18.1 Å². The van der Waals surface area contributed by atoms with E-state index in [0.717, 1.165) is 5.56 Å². The molecule has 0 saturated heterocycles. The van der Waals surface area contributed by atoms with E-state index in [1.807, 2.05) is 0 Å². The van der Waals surface area contributed by atoms with Crippen molar-refractivity contribution in [2.24, 2.45) is 0 Å². The molecule has 0 spiro atoms. The van der Waals surface area contributed by atoms with Crippen molar-refractivity contribution >= 4 is 5.91 Å². The Morgan fingerprint density at radius 2 is 2.24 bits per heavy atom. The highest BCUT2D eigenvalue weighted by Gasteiger charge is 2.16. The summed E-state index contributed by atoms with van der Waals surface area (Å²) in [6.45, 7) is 0.0224. The summed E-state index contributed by atoms with van der Waals surface area (Å²) in [5.41, 5.74) is 1.41. The van der Waals surface area contributed by atoms with E-state index in [9.17, 15) is 9.18 Å². The Hall–Kier alpha value is -2.58. The molecule has 0 aliphatic heterocycles. The van der Waals surface area contributed by atoms with Crippen molar-refractivity contribution in [2.45, 2.75) is 6.54 Å². The monoisotopic (exact) mass is 287 g/mol. The van der Waals surface area contributed by atoms with Crippen LogP contribution >= 0.6 is 0 Å². The molecule has 0 unspecified atom stereocenters. The summed E-state index contributed by atoms with van der Waals surface area (Å²) >= 11 is 0. The van der Waals surface area contributed by atoms with Crippen molar-refractivity contribution in [1.29, 1.82) is 0 Å². The highest BCUT2D eigenvalue weighted by atomic mass is 19.1. The normalized spacial score (nSPS) is 9.86. The molecule has 1 aromatic heterocycles. The molecule has 1 N–H and O–H groups in total. The van der Waals surface area contributed by atoms with Crippen LogP contribution in [-0.2, 0) is 6.54 Å². The molecular formula is C16H14FNO3. The van der Waals surface area contributed by atoms with Crippen molar-refractivity contribution in [3.05, 3.63) is 59.3 Å². The fourth-order valence-electron chi connectivity index (χ4n) is 1.88. The molecule has 1 amide bonds. The molecule has 0 bridgehead atoms. The van der Waals surface area contributed by atoms with Crippen molar-refractivity contribution < 1.29 is 18.7 Å². The quantitative estimate of drug-likeness (QED) is 0.879. The number of hydrogen-bond acceptors (Lipinski definition) is 3. The van der Waals surface area contributed by atoms with E-state index in [1.54, 1.807) is 19.4 Å². The summed E-state index contributed by atoms with van der Waals surface area (Å²) in [6.07, 6.45) is 3.09. The molecule has 2 rings (SSSR count). The van der Waals surface area contributed by atoms with Crippen LogP contribution in [0.15, 0.2) is 41.2 Å². The van der Waals surface area contributed by atoms with Crippen LogP contribution in [-0.4, -0.2) is 29.6 Å². The van der Waals surface area contributed by atoms with Gasteiger partial charge in [-0.05, 0) is 24.3 Å². The zero-order valence-electron chi connectivity index (χ0n) is 11.5. The van der Waals surface area contributed by atoms with E-state index < -0.39 is 5.82 Å². The van der Waals surface area contributed by atoms with Gasteiger partial charge in [0.15, 0.2) is 0 Å². The molecule has 0 atom stereocenters. The van der Waals surface area contributed by atoms with Gasteiger partial charge in [0.25, 0.3) is 5.91 Å². The van der Waals surface area contributed by atoms with Gasteiger partial charge in [0.05, 0.1) is 18.1 Å². The fourth-order valence-corrected chi connectivity index (χ4v) is 1.88. The van der Waals surface area contributed by atoms with Gasteiger partial charge >= 0.3 is 0 Å². The molecule has 5 heteroatoms. The molecule has 0 fully saturated rings. The van der Waals surface area contributed by atoms with Gasteiger partial charge in [0.2, 0.25) is 0 Å². The first-order valence-corrected chi connectivity index (χ1v) is 6.27. The topological polar surface area (TPSA) is 53.7 Å². The van der Waals surface area contributed by atoms with Crippen molar-refractivity contribution in [3.8, 4) is 11.8 Å². The number of benzene rings is 1. The average molecular weight is 287 g/mol. The minimum Gasteiger partial charge on any atom is -0.472 e. The molecule has 0 aliphatic carbocycles. The van der Waals surface area contributed by atoms with E-state index in [2.05, 4.69) is 11.8 Å². The number of halogens is 1. The molecule has 2 aromatic rings. The molecule has 0 saturated carbocycles. The van der Waals surface area contributed by atoms with Crippen molar-refractivity contribution in [1.82, 2.24) is 4.90 Å². The smallest absolute Gasteiger partial charge is 0.255 e. The van der Waals surface area contributed by atoms with Gasteiger partial charge in [-0.25, -0.2) is 4.39 Å². The van der Waals surface area contributed by atoms with E-state index in [0.29, 0.717) is 12.1 Å². The number of nitrogens with zero attached hydrogens (tertiary/aromatic N) is 1. The Balaban J connectivity index is 2.25. The van der Waals surface area contributed by atoms with Crippen molar-refractivity contribution in [3.63, 3.8) is 0 Å². The predicted octanol–water partition coefficient (Wildman–Crippen LogP) is 2.03. The molecule has 4 nitrogen and oxygen atoms in total. The Morgan fingerprint density at radius 3 is 2.90 bits per heavy atom. The highest BCUT2D eigenvalue weighted by molar-refractivity contribution is 5.96. The zero-order chi connectivity index (χ0) is 15.2. The number of carbonyl (C=O) groups excluding carboxylic acids is 1. The number of aliphatic hydroxyl groups excluding tert-OH is 1. The van der Waals surface area contributed by atoms with Gasteiger partial charge in [0, 0.05) is 24.7 Å². The molecule has 1 heterocycles. The van der Waals surface area contributed by atoms with Crippen LogP contribution < -0.4 is 0 Å². The molecule has 0 aliphatic rings. The molecule has 108 valence electrons. The van der Waals surface area contributed by atoms with Gasteiger partial charge in [-0.15, -0.1) is 0 Å². The van der Waals surface area contributed by atoms with Crippen LogP contribution in [0.4, 0.5) is 4.39 Å². The lowest BCUT2D eigenvalue weighted by molar-refractivity contribution is 0.0784. The first-order valence-electron chi connectivity index (χ1n) is 6.27. The summed E-state index contributed by atoms with van der Waals surface area (Å²) in [7, 11) is 1.64. The summed E-state index contributed by atoms with van der Waals surface area (Å²) < 4.78 is 18.2. The fraction of sp³-hybridized carbons (Fsp3) is 0.188. The number of aliphatic hydroxyl groups is 1. The predicted molar refractivity (Wildman–Crippen MR) is 74.9 cm³/mol. The third-order valence-electron chi connectivity index (χ3n) is 2.86. The molecule has 0 radical (unpaired) electrons. The van der Waals surface area contributed by atoms with Gasteiger partial charge in [-0.2, -0.15) is 0 Å². The Bertz CT molecular complexity index is 683. The molecular weight excluding hydrogens is 273 g/mol. The van der Waals surface area contributed by atoms with Crippen molar-refractivity contribution in [2.75, 3.05) is 13.7 Å². The zero-order valence-corrected chi connectivity index (χ0v) is 11.5. The summed E-state index contributed by atoms with van der Waals surface area (Å²) in [5.74, 6) is 4.26. The standard InChI is InChI=1S/C16H14FNO3/c1-18(10-12-6-8-21-11-12)16(20)15-5-4-14(17)9-13(15)3-2-7-19/h4-6,8-9,11,19H,7,10H2,1H3. The van der Waals surface area contributed by atoms with Crippen LogP contribution in [0.3, 0.4) is 0 Å². The first-order chi connectivity index (χ1) is 10.1. The lowest BCUT2D eigenvalue weighted by atomic mass is 10.1. The number of amides is 1. The number of carbonyl (C=O) groups is 1. The largest absolute Gasteiger partial charge is 0.472 e. The number of furan rings is 1. The second-order valence-corrected chi connectivity index (χ2v) is 4.44. The lowest BCUT2D eigenvalue weighted by Gasteiger charge is -2.17.